The van der Waals surface area contributed by atoms with Crippen molar-refractivity contribution < 1.29 is 4.79 Å². The average molecular weight is 485 g/mol. The van der Waals surface area contributed by atoms with E-state index in [9.17, 15) is 4.79 Å². The van der Waals surface area contributed by atoms with E-state index in [-0.39, 0.29) is 11.8 Å². The van der Waals surface area contributed by atoms with Crippen molar-refractivity contribution in [3.8, 4) is 16.9 Å². The van der Waals surface area contributed by atoms with Crippen LogP contribution in [0.2, 0.25) is 15.1 Å². The molecule has 4 rings (SSSR count). The topological polar surface area (TPSA) is 46.9 Å². The highest BCUT2D eigenvalue weighted by molar-refractivity contribution is 6.34. The van der Waals surface area contributed by atoms with Crippen molar-refractivity contribution in [2.45, 2.75) is 19.3 Å². The minimum atomic E-state index is -0.298. The third kappa shape index (κ3) is 4.83. The molecule has 1 N–H and O–H groups in total. The predicted octanol–water partition coefficient (Wildman–Crippen LogP) is 7.63. The maximum atomic E-state index is 13.2. The standard InChI is InChI=1S/C25H20Cl3N3O/c1-2-20(16-6-4-3-5-7-16)25(32)29-24-15-22(17-8-10-18(26)11-9-17)30-31(24)23-14-19(27)12-13-21(23)28/h3-15,20H,2H2,1H3,(H,29,32)/t20-/m0/s1. The number of hydrogen-bond donors (Lipinski definition) is 1. The van der Waals surface area contributed by atoms with Crippen LogP contribution in [0.3, 0.4) is 0 Å². The zero-order valence-electron chi connectivity index (χ0n) is 17.2. The van der Waals surface area contributed by atoms with Crippen LogP contribution < -0.4 is 5.32 Å². The van der Waals surface area contributed by atoms with Gasteiger partial charge >= 0.3 is 0 Å². The van der Waals surface area contributed by atoms with Gasteiger partial charge in [-0.25, -0.2) is 4.68 Å². The predicted molar refractivity (Wildman–Crippen MR) is 132 cm³/mol. The lowest BCUT2D eigenvalue weighted by Gasteiger charge is -2.16. The van der Waals surface area contributed by atoms with E-state index in [0.717, 1.165) is 11.1 Å². The number of carbonyl (C=O) groups is 1. The molecule has 1 aromatic heterocycles. The molecule has 1 heterocycles. The Labute approximate surface area is 201 Å². The summed E-state index contributed by atoms with van der Waals surface area (Å²) >= 11 is 18.7. The summed E-state index contributed by atoms with van der Waals surface area (Å²) in [6.45, 7) is 1.99. The molecule has 0 unspecified atom stereocenters. The summed E-state index contributed by atoms with van der Waals surface area (Å²) in [7, 11) is 0. The first-order valence-corrected chi connectivity index (χ1v) is 11.3. The molecule has 1 atom stereocenters. The molecule has 1 amide bonds. The van der Waals surface area contributed by atoms with Crippen molar-refractivity contribution in [1.29, 1.82) is 0 Å². The number of rotatable bonds is 6. The van der Waals surface area contributed by atoms with Gasteiger partial charge in [0.05, 0.1) is 22.3 Å². The smallest absolute Gasteiger partial charge is 0.233 e. The first-order valence-electron chi connectivity index (χ1n) is 10.1. The van der Waals surface area contributed by atoms with E-state index in [1.165, 1.54) is 0 Å². The fourth-order valence-electron chi connectivity index (χ4n) is 3.53. The number of nitrogens with zero attached hydrogens (tertiary/aromatic N) is 2. The lowest BCUT2D eigenvalue weighted by Crippen LogP contribution is -2.22. The van der Waals surface area contributed by atoms with Crippen LogP contribution in [0.5, 0.6) is 0 Å². The van der Waals surface area contributed by atoms with Crippen LogP contribution in [0.25, 0.3) is 16.9 Å². The van der Waals surface area contributed by atoms with Crippen molar-refractivity contribution in [3.63, 3.8) is 0 Å². The minimum absolute atomic E-state index is 0.124. The molecule has 0 radical (unpaired) electrons. The molecule has 0 fully saturated rings. The van der Waals surface area contributed by atoms with Crippen LogP contribution in [0.1, 0.15) is 24.8 Å². The molecule has 4 aromatic rings. The Morgan fingerprint density at radius 2 is 1.62 bits per heavy atom. The van der Waals surface area contributed by atoms with Crippen LogP contribution in [0.15, 0.2) is 78.9 Å². The van der Waals surface area contributed by atoms with Gasteiger partial charge in [-0.3, -0.25) is 4.79 Å². The number of aromatic nitrogens is 2. The molecule has 0 bridgehead atoms. The average Bonchev–Trinajstić information content (AvgIpc) is 3.20. The Morgan fingerprint density at radius 3 is 2.31 bits per heavy atom. The lowest BCUT2D eigenvalue weighted by molar-refractivity contribution is -0.117. The van der Waals surface area contributed by atoms with Gasteiger partial charge in [0.15, 0.2) is 0 Å². The van der Waals surface area contributed by atoms with E-state index in [0.29, 0.717) is 38.7 Å². The fourth-order valence-corrected chi connectivity index (χ4v) is 4.02. The van der Waals surface area contributed by atoms with Gasteiger partial charge in [-0.2, -0.15) is 5.10 Å². The van der Waals surface area contributed by atoms with Gasteiger partial charge in [0.2, 0.25) is 5.91 Å². The van der Waals surface area contributed by atoms with Gasteiger partial charge in [-0.1, -0.05) is 84.2 Å². The molecule has 0 saturated heterocycles. The Balaban J connectivity index is 1.76. The third-order valence-corrected chi connectivity index (χ3v) is 5.97. The molecule has 4 nitrogen and oxygen atoms in total. The molecule has 162 valence electrons. The van der Waals surface area contributed by atoms with Gasteiger partial charge in [0.25, 0.3) is 0 Å². The van der Waals surface area contributed by atoms with E-state index >= 15 is 0 Å². The highest BCUT2D eigenvalue weighted by atomic mass is 35.5. The zero-order valence-corrected chi connectivity index (χ0v) is 19.5. The summed E-state index contributed by atoms with van der Waals surface area (Å²) < 4.78 is 1.60. The molecule has 7 heteroatoms. The van der Waals surface area contributed by atoms with E-state index < -0.39 is 0 Å². The SMILES string of the molecule is CC[C@H](C(=O)Nc1cc(-c2ccc(Cl)cc2)nn1-c1cc(Cl)ccc1Cl)c1ccccc1. The van der Waals surface area contributed by atoms with Crippen molar-refractivity contribution in [2.24, 2.45) is 0 Å². The third-order valence-electron chi connectivity index (χ3n) is 5.16. The molecular formula is C25H20Cl3N3O. The van der Waals surface area contributed by atoms with Crippen LogP contribution in [-0.2, 0) is 4.79 Å². The normalized spacial score (nSPS) is 11.9. The van der Waals surface area contributed by atoms with Gasteiger partial charge in [-0.15, -0.1) is 0 Å². The van der Waals surface area contributed by atoms with Crippen molar-refractivity contribution in [2.75, 3.05) is 5.32 Å². The summed E-state index contributed by atoms with van der Waals surface area (Å²) in [4.78, 5) is 13.2. The molecule has 0 aliphatic heterocycles. The van der Waals surface area contributed by atoms with Crippen LogP contribution in [0, 0.1) is 0 Å². The minimum Gasteiger partial charge on any atom is -0.310 e. The fraction of sp³-hybridized carbons (Fsp3) is 0.120. The second-order valence-electron chi connectivity index (χ2n) is 7.29. The Morgan fingerprint density at radius 1 is 0.938 bits per heavy atom. The van der Waals surface area contributed by atoms with Gasteiger partial charge in [0, 0.05) is 21.7 Å². The number of nitrogens with one attached hydrogen (secondary N) is 1. The van der Waals surface area contributed by atoms with E-state index in [1.54, 1.807) is 35.0 Å². The summed E-state index contributed by atoms with van der Waals surface area (Å²) in [5, 5.41) is 9.36. The number of amides is 1. The zero-order chi connectivity index (χ0) is 22.7. The molecule has 0 spiro atoms. The summed E-state index contributed by atoms with van der Waals surface area (Å²) in [6.07, 6.45) is 0.659. The maximum Gasteiger partial charge on any atom is 0.233 e. The first-order chi connectivity index (χ1) is 15.5. The molecule has 3 aromatic carbocycles. The van der Waals surface area contributed by atoms with E-state index in [1.807, 2.05) is 55.5 Å². The first kappa shape index (κ1) is 22.4. The highest BCUT2D eigenvalue weighted by Gasteiger charge is 2.22. The van der Waals surface area contributed by atoms with Crippen LogP contribution in [-0.4, -0.2) is 15.7 Å². The van der Waals surface area contributed by atoms with Gasteiger partial charge in [0.1, 0.15) is 5.82 Å². The van der Waals surface area contributed by atoms with Crippen molar-refractivity contribution in [3.05, 3.63) is 99.5 Å². The summed E-state index contributed by atoms with van der Waals surface area (Å²) in [5.41, 5.74) is 3.05. The van der Waals surface area contributed by atoms with Gasteiger partial charge < -0.3 is 5.32 Å². The molecular weight excluding hydrogens is 465 g/mol. The van der Waals surface area contributed by atoms with E-state index in [4.69, 9.17) is 39.9 Å². The lowest BCUT2D eigenvalue weighted by atomic mass is 9.96. The number of hydrogen-bond acceptors (Lipinski definition) is 2. The van der Waals surface area contributed by atoms with Crippen LogP contribution >= 0.6 is 34.8 Å². The molecule has 0 aliphatic rings. The van der Waals surface area contributed by atoms with Gasteiger partial charge in [-0.05, 0) is 42.3 Å². The molecule has 0 saturated carbocycles. The monoisotopic (exact) mass is 483 g/mol. The second-order valence-corrected chi connectivity index (χ2v) is 8.57. The summed E-state index contributed by atoms with van der Waals surface area (Å²) in [6, 6.07) is 24.0. The Kier molecular flexibility index (Phi) is 6.85. The quantitative estimate of drug-likeness (QED) is 0.306. The molecule has 0 aliphatic carbocycles. The maximum absolute atomic E-state index is 13.2. The van der Waals surface area contributed by atoms with Crippen molar-refractivity contribution >= 4 is 46.5 Å². The number of carbonyl (C=O) groups excluding carboxylic acids is 1. The Hall–Kier alpha value is -2.79. The Bertz CT molecular complexity index is 1240. The number of benzene rings is 3. The molecule has 32 heavy (non-hydrogen) atoms. The largest absolute Gasteiger partial charge is 0.310 e. The highest BCUT2D eigenvalue weighted by Crippen LogP contribution is 2.31. The number of halogens is 3. The van der Waals surface area contributed by atoms with E-state index in [2.05, 4.69) is 5.32 Å². The summed E-state index contributed by atoms with van der Waals surface area (Å²) in [5.74, 6) is 0.0764. The van der Waals surface area contributed by atoms with Crippen molar-refractivity contribution in [1.82, 2.24) is 9.78 Å². The number of anilines is 1. The van der Waals surface area contributed by atoms with Crippen LogP contribution in [0.4, 0.5) is 5.82 Å². The second kappa shape index (κ2) is 9.78.